The monoisotopic (exact) mass is 424 g/mol. The van der Waals surface area contributed by atoms with E-state index in [0.29, 0.717) is 36.8 Å². The molecule has 0 spiro atoms. The molecule has 1 heterocycles. The van der Waals surface area contributed by atoms with E-state index >= 15 is 0 Å². The summed E-state index contributed by atoms with van der Waals surface area (Å²) in [6.07, 6.45) is 0.347. The van der Waals surface area contributed by atoms with Crippen LogP contribution in [0.4, 0.5) is 0 Å². The van der Waals surface area contributed by atoms with E-state index in [1.165, 1.54) is 4.90 Å². The van der Waals surface area contributed by atoms with Crippen molar-refractivity contribution in [2.75, 3.05) is 27.3 Å². The van der Waals surface area contributed by atoms with E-state index in [2.05, 4.69) is 15.5 Å². The van der Waals surface area contributed by atoms with Gasteiger partial charge >= 0.3 is 11.8 Å². The Balaban J connectivity index is 1.41. The molecule has 0 atom stereocenters. The van der Waals surface area contributed by atoms with Gasteiger partial charge in [0.1, 0.15) is 11.5 Å². The van der Waals surface area contributed by atoms with Crippen LogP contribution in [0.15, 0.2) is 59.1 Å². The summed E-state index contributed by atoms with van der Waals surface area (Å²) in [7, 11) is 3.24. The molecule has 0 bridgehead atoms. The van der Waals surface area contributed by atoms with E-state index in [1.54, 1.807) is 38.4 Å². The van der Waals surface area contributed by atoms with E-state index < -0.39 is 5.91 Å². The third-order valence-corrected chi connectivity index (χ3v) is 4.48. The molecule has 162 valence electrons. The van der Waals surface area contributed by atoms with Gasteiger partial charge in [0.2, 0.25) is 0 Å². The summed E-state index contributed by atoms with van der Waals surface area (Å²) in [5.74, 6) is 0.888. The van der Waals surface area contributed by atoms with E-state index in [1.807, 2.05) is 30.3 Å². The Kier molecular flexibility index (Phi) is 7.58. The van der Waals surface area contributed by atoms with Crippen molar-refractivity contribution in [3.63, 3.8) is 0 Å². The molecule has 31 heavy (non-hydrogen) atoms. The summed E-state index contributed by atoms with van der Waals surface area (Å²) in [5.41, 5.74) is 0.965. The molecule has 3 rings (SSSR count). The lowest BCUT2D eigenvalue weighted by Crippen LogP contribution is -2.33. The van der Waals surface area contributed by atoms with Crippen LogP contribution >= 0.6 is 0 Å². The lowest BCUT2D eigenvalue weighted by atomic mass is 10.2. The maximum Gasteiger partial charge on any atom is 0.315 e. The minimum atomic E-state index is -0.445. The van der Waals surface area contributed by atoms with E-state index in [-0.39, 0.29) is 18.4 Å². The number of carbonyl (C=O) groups is 2. The van der Waals surface area contributed by atoms with Crippen molar-refractivity contribution in [3.05, 3.63) is 71.9 Å². The molecule has 9 heteroatoms. The van der Waals surface area contributed by atoms with Crippen LogP contribution in [-0.4, -0.2) is 54.2 Å². The number of hydrogen-bond donors (Lipinski definition) is 1. The van der Waals surface area contributed by atoms with Crippen molar-refractivity contribution in [1.29, 1.82) is 0 Å². The van der Waals surface area contributed by atoms with Gasteiger partial charge in [-0.2, -0.15) is 4.98 Å². The number of methoxy groups -OCH3 is 1. The fourth-order valence-electron chi connectivity index (χ4n) is 2.62. The van der Waals surface area contributed by atoms with Gasteiger partial charge in [0.15, 0.2) is 12.4 Å². The van der Waals surface area contributed by atoms with Crippen molar-refractivity contribution in [2.24, 2.45) is 0 Å². The number of likely N-dealkylation sites (N-methyl/N-ethyl adjacent to an activating group) is 1. The Morgan fingerprint density at radius 3 is 2.48 bits per heavy atom. The summed E-state index contributed by atoms with van der Waals surface area (Å²) in [5, 5.41) is 6.53. The first kappa shape index (κ1) is 21.8. The second kappa shape index (κ2) is 10.8. The molecule has 0 radical (unpaired) electrons. The van der Waals surface area contributed by atoms with E-state index in [0.717, 1.165) is 5.56 Å². The summed E-state index contributed by atoms with van der Waals surface area (Å²) in [6.45, 7) is 0.625. The quantitative estimate of drug-likeness (QED) is 0.531. The van der Waals surface area contributed by atoms with Crippen LogP contribution in [0.1, 0.15) is 22.1 Å². The van der Waals surface area contributed by atoms with Gasteiger partial charge in [-0.15, -0.1) is 0 Å². The molecule has 1 aromatic heterocycles. The molecular formula is C22H24N4O5. The van der Waals surface area contributed by atoms with Crippen LogP contribution in [0.2, 0.25) is 0 Å². The van der Waals surface area contributed by atoms with Crippen LogP contribution in [0.3, 0.4) is 0 Å². The number of nitrogens with one attached hydrogen (secondary N) is 1. The second-order valence-corrected chi connectivity index (χ2v) is 6.71. The first-order chi connectivity index (χ1) is 15.0. The zero-order valence-corrected chi connectivity index (χ0v) is 17.4. The molecule has 1 N–H and O–H groups in total. The number of benzene rings is 2. The molecule has 2 aromatic carbocycles. The minimum absolute atomic E-state index is 0.0950. The standard InChI is InChI=1S/C22H24N4O5/c1-26(20(27)15-30-18-10-8-17(29-2)9-11-18)13-12-19-24-22(31-25-19)21(28)23-14-16-6-4-3-5-7-16/h3-11H,12-15H2,1-2H3,(H,23,28). The predicted octanol–water partition coefficient (Wildman–Crippen LogP) is 2.09. The number of amides is 2. The zero-order valence-electron chi connectivity index (χ0n) is 17.4. The fraction of sp³-hybridized carbons (Fsp3) is 0.273. The number of carbonyl (C=O) groups excluding carboxylic acids is 2. The Labute approximate surface area is 180 Å². The summed E-state index contributed by atoms with van der Waals surface area (Å²) >= 11 is 0. The smallest absolute Gasteiger partial charge is 0.315 e. The highest BCUT2D eigenvalue weighted by atomic mass is 16.5. The van der Waals surface area contributed by atoms with Crippen LogP contribution in [0.5, 0.6) is 11.5 Å². The highest BCUT2D eigenvalue weighted by molar-refractivity contribution is 5.89. The number of hydrogen-bond acceptors (Lipinski definition) is 7. The number of nitrogens with zero attached hydrogens (tertiary/aromatic N) is 3. The molecule has 9 nitrogen and oxygen atoms in total. The topological polar surface area (TPSA) is 107 Å². The molecule has 0 saturated heterocycles. The lowest BCUT2D eigenvalue weighted by Gasteiger charge is -2.16. The largest absolute Gasteiger partial charge is 0.497 e. The van der Waals surface area contributed by atoms with Gasteiger partial charge in [0.05, 0.1) is 7.11 Å². The Bertz CT molecular complexity index is 989. The molecule has 0 unspecified atom stereocenters. The first-order valence-corrected chi connectivity index (χ1v) is 9.70. The van der Waals surface area contributed by atoms with Crippen LogP contribution in [-0.2, 0) is 17.8 Å². The third kappa shape index (κ3) is 6.56. The van der Waals surface area contributed by atoms with Crippen molar-refractivity contribution in [2.45, 2.75) is 13.0 Å². The maximum atomic E-state index is 12.2. The van der Waals surface area contributed by atoms with E-state index in [9.17, 15) is 9.59 Å². The maximum absolute atomic E-state index is 12.2. The van der Waals surface area contributed by atoms with Gasteiger partial charge in [0.25, 0.3) is 5.91 Å². The van der Waals surface area contributed by atoms with Gasteiger partial charge in [0, 0.05) is 26.6 Å². The molecule has 3 aromatic rings. The average molecular weight is 424 g/mol. The first-order valence-electron chi connectivity index (χ1n) is 9.70. The summed E-state index contributed by atoms with van der Waals surface area (Å²) < 4.78 is 15.6. The van der Waals surface area contributed by atoms with Crippen LogP contribution in [0, 0.1) is 0 Å². The average Bonchev–Trinajstić information content (AvgIpc) is 3.29. The number of ether oxygens (including phenoxy) is 2. The van der Waals surface area contributed by atoms with Crippen molar-refractivity contribution >= 4 is 11.8 Å². The highest BCUT2D eigenvalue weighted by Gasteiger charge is 2.16. The van der Waals surface area contributed by atoms with Crippen LogP contribution < -0.4 is 14.8 Å². The van der Waals surface area contributed by atoms with Crippen molar-refractivity contribution in [1.82, 2.24) is 20.4 Å². The van der Waals surface area contributed by atoms with Crippen molar-refractivity contribution in [3.8, 4) is 11.5 Å². The normalized spacial score (nSPS) is 10.4. The summed E-state index contributed by atoms with van der Waals surface area (Å²) in [4.78, 5) is 30.0. The number of aromatic nitrogens is 2. The Hall–Kier alpha value is -3.88. The van der Waals surface area contributed by atoms with Crippen LogP contribution in [0.25, 0.3) is 0 Å². The predicted molar refractivity (Wildman–Crippen MR) is 112 cm³/mol. The highest BCUT2D eigenvalue weighted by Crippen LogP contribution is 2.16. The van der Waals surface area contributed by atoms with Gasteiger partial charge in [-0.25, -0.2) is 0 Å². The van der Waals surface area contributed by atoms with Crippen molar-refractivity contribution < 1.29 is 23.6 Å². The molecule has 0 aliphatic heterocycles. The Morgan fingerprint density at radius 2 is 1.77 bits per heavy atom. The molecule has 2 amide bonds. The SMILES string of the molecule is COc1ccc(OCC(=O)N(C)CCc2noc(C(=O)NCc3ccccc3)n2)cc1. The number of rotatable bonds is 10. The second-order valence-electron chi connectivity index (χ2n) is 6.71. The molecule has 0 aliphatic rings. The third-order valence-electron chi connectivity index (χ3n) is 4.48. The Morgan fingerprint density at radius 1 is 1.06 bits per heavy atom. The fourth-order valence-corrected chi connectivity index (χ4v) is 2.62. The molecular weight excluding hydrogens is 400 g/mol. The van der Waals surface area contributed by atoms with Gasteiger partial charge in [-0.05, 0) is 29.8 Å². The zero-order chi connectivity index (χ0) is 22.1. The minimum Gasteiger partial charge on any atom is -0.497 e. The molecule has 0 saturated carbocycles. The molecule has 0 aliphatic carbocycles. The molecule has 0 fully saturated rings. The van der Waals surface area contributed by atoms with Gasteiger partial charge in [-0.1, -0.05) is 35.5 Å². The summed E-state index contributed by atoms with van der Waals surface area (Å²) in [6, 6.07) is 16.5. The van der Waals surface area contributed by atoms with Gasteiger partial charge in [-0.3, -0.25) is 9.59 Å². The van der Waals surface area contributed by atoms with E-state index in [4.69, 9.17) is 14.0 Å². The lowest BCUT2D eigenvalue weighted by molar-refractivity contribution is -0.132. The van der Waals surface area contributed by atoms with Gasteiger partial charge < -0.3 is 24.2 Å².